The van der Waals surface area contributed by atoms with Crippen molar-refractivity contribution in [1.82, 2.24) is 4.90 Å². The average molecular weight is 455 g/mol. The number of halogens is 6. The van der Waals surface area contributed by atoms with Crippen LogP contribution >= 0.6 is 0 Å². The van der Waals surface area contributed by atoms with Gasteiger partial charge in [-0.05, 0) is 38.4 Å². The highest BCUT2D eigenvalue weighted by Gasteiger charge is 2.56. The zero-order valence-electron chi connectivity index (χ0n) is 16.6. The van der Waals surface area contributed by atoms with E-state index in [4.69, 9.17) is 14.6 Å². The van der Waals surface area contributed by atoms with Gasteiger partial charge in [-0.15, -0.1) is 0 Å². The van der Waals surface area contributed by atoms with Crippen LogP contribution in [0.1, 0.15) is 37.7 Å². The Kier molecular flexibility index (Phi) is 6.64. The van der Waals surface area contributed by atoms with Crippen LogP contribution in [0.25, 0.3) is 0 Å². The molecule has 0 aliphatic carbocycles. The van der Waals surface area contributed by atoms with Crippen LogP contribution in [0.2, 0.25) is 0 Å². The lowest BCUT2D eigenvalue weighted by atomic mass is 9.74. The molecule has 2 aliphatic heterocycles. The first-order valence-corrected chi connectivity index (χ1v) is 9.92. The molecule has 1 aromatic carbocycles. The summed E-state index contributed by atoms with van der Waals surface area (Å²) in [6, 6.07) is 2.97. The molecule has 0 aromatic heterocycles. The Hall–Kier alpha value is -2.17. The van der Waals surface area contributed by atoms with Crippen molar-refractivity contribution in [2.24, 2.45) is 0 Å². The molecule has 1 fully saturated rings. The third kappa shape index (κ3) is 5.02. The lowest BCUT2D eigenvalue weighted by Crippen LogP contribution is -2.44. The van der Waals surface area contributed by atoms with E-state index >= 15 is 0 Å². The van der Waals surface area contributed by atoms with Crippen LogP contribution in [-0.2, 0) is 10.2 Å². The molecule has 1 spiro atoms. The van der Waals surface area contributed by atoms with Gasteiger partial charge >= 0.3 is 18.1 Å². The highest BCUT2D eigenvalue weighted by molar-refractivity contribution is 5.66. The van der Waals surface area contributed by atoms with Gasteiger partial charge in [0.2, 0.25) is 5.82 Å². The van der Waals surface area contributed by atoms with Crippen LogP contribution in [0.5, 0.6) is 11.5 Å². The first-order chi connectivity index (χ1) is 14.5. The second-order valence-corrected chi connectivity index (χ2v) is 7.96. The third-order valence-electron chi connectivity index (χ3n) is 5.89. The second-order valence-electron chi connectivity index (χ2n) is 7.96. The van der Waals surface area contributed by atoms with Crippen LogP contribution in [0.15, 0.2) is 12.1 Å². The SMILES string of the molecule is O=C(O)CCN1CCC2(CC1)COc1c2ccc(OCCCC(F)(F)C(F)(F)F)c1F. The van der Waals surface area contributed by atoms with E-state index in [0.29, 0.717) is 38.0 Å². The van der Waals surface area contributed by atoms with Gasteiger partial charge in [-0.25, -0.2) is 0 Å². The smallest absolute Gasteiger partial charge is 0.453 e. The summed E-state index contributed by atoms with van der Waals surface area (Å²) < 4.78 is 87.8. The van der Waals surface area contributed by atoms with E-state index in [1.54, 1.807) is 6.07 Å². The van der Waals surface area contributed by atoms with Crippen LogP contribution in [-0.4, -0.2) is 60.9 Å². The molecule has 0 unspecified atom stereocenters. The summed E-state index contributed by atoms with van der Waals surface area (Å²) >= 11 is 0. The molecule has 5 nitrogen and oxygen atoms in total. The van der Waals surface area contributed by atoms with Crippen LogP contribution in [0, 0.1) is 5.82 Å². The minimum absolute atomic E-state index is 0.0112. The monoisotopic (exact) mass is 455 g/mol. The number of fused-ring (bicyclic) bond motifs is 2. The molecule has 31 heavy (non-hydrogen) atoms. The fourth-order valence-corrected chi connectivity index (χ4v) is 3.99. The zero-order valence-corrected chi connectivity index (χ0v) is 16.6. The first-order valence-electron chi connectivity index (χ1n) is 9.92. The maximum absolute atomic E-state index is 14.8. The fourth-order valence-electron chi connectivity index (χ4n) is 3.99. The van der Waals surface area contributed by atoms with Crippen molar-refractivity contribution in [2.45, 2.75) is 49.6 Å². The molecule has 0 saturated carbocycles. The summed E-state index contributed by atoms with van der Waals surface area (Å²) in [5.74, 6) is -6.74. The molecule has 0 atom stereocenters. The predicted octanol–water partition coefficient (Wildman–Crippen LogP) is 4.38. The Morgan fingerprint density at radius 1 is 1.19 bits per heavy atom. The third-order valence-corrected chi connectivity index (χ3v) is 5.89. The zero-order chi connectivity index (χ0) is 22.9. The summed E-state index contributed by atoms with van der Waals surface area (Å²) in [6.45, 7) is 1.48. The maximum Gasteiger partial charge on any atom is 0.453 e. The van der Waals surface area contributed by atoms with Gasteiger partial charge < -0.3 is 19.5 Å². The van der Waals surface area contributed by atoms with E-state index in [-0.39, 0.29) is 24.5 Å². The predicted molar refractivity (Wildman–Crippen MR) is 97.2 cm³/mol. The summed E-state index contributed by atoms with van der Waals surface area (Å²) in [6.07, 6.45) is -6.31. The van der Waals surface area contributed by atoms with E-state index in [0.717, 1.165) is 0 Å². The minimum atomic E-state index is -5.63. The summed E-state index contributed by atoms with van der Waals surface area (Å²) in [7, 11) is 0. The van der Waals surface area contributed by atoms with E-state index in [2.05, 4.69) is 0 Å². The topological polar surface area (TPSA) is 59.0 Å². The van der Waals surface area contributed by atoms with Gasteiger partial charge in [-0.3, -0.25) is 4.79 Å². The summed E-state index contributed by atoms with van der Waals surface area (Å²) in [5, 5.41) is 8.80. The van der Waals surface area contributed by atoms with Crippen molar-refractivity contribution in [3.05, 3.63) is 23.5 Å². The number of carboxylic acid groups (broad SMARTS) is 1. The van der Waals surface area contributed by atoms with Crippen LogP contribution in [0.4, 0.5) is 26.3 Å². The first kappa shape index (κ1) is 23.5. The van der Waals surface area contributed by atoms with Crippen molar-refractivity contribution in [1.29, 1.82) is 0 Å². The van der Waals surface area contributed by atoms with Crippen LogP contribution in [0.3, 0.4) is 0 Å². The maximum atomic E-state index is 14.8. The number of carboxylic acids is 1. The quantitative estimate of drug-likeness (QED) is 0.466. The molecule has 2 heterocycles. The standard InChI is InChI=1S/C20H23F6NO4/c21-16-14(30-11-1-5-19(22,23)20(24,25)26)3-2-13-17(16)31-12-18(13)6-9-27(10-7-18)8-4-15(28)29/h2-3H,1,4-12H2,(H,28,29). The van der Waals surface area contributed by atoms with E-state index in [9.17, 15) is 31.1 Å². The Morgan fingerprint density at radius 3 is 2.48 bits per heavy atom. The highest BCUT2D eigenvalue weighted by Crippen LogP contribution is 2.48. The normalized spacial score (nSPS) is 18.6. The minimum Gasteiger partial charge on any atom is -0.490 e. The van der Waals surface area contributed by atoms with Crippen LogP contribution < -0.4 is 9.47 Å². The van der Waals surface area contributed by atoms with Crippen molar-refractivity contribution in [2.75, 3.05) is 32.8 Å². The Labute approximate surface area is 174 Å². The number of aliphatic carboxylic acids is 1. The van der Waals surface area contributed by atoms with Gasteiger partial charge in [0.15, 0.2) is 11.5 Å². The molecule has 0 bridgehead atoms. The number of likely N-dealkylation sites (tertiary alicyclic amines) is 1. The lowest BCUT2D eigenvalue weighted by Gasteiger charge is -2.38. The number of piperidine rings is 1. The molecular formula is C20H23F6NO4. The van der Waals surface area contributed by atoms with Gasteiger partial charge in [0, 0.05) is 23.9 Å². The molecule has 0 radical (unpaired) electrons. The van der Waals surface area contributed by atoms with E-state index in [1.165, 1.54) is 6.07 Å². The molecule has 3 rings (SSSR count). The molecular weight excluding hydrogens is 432 g/mol. The number of hydrogen-bond acceptors (Lipinski definition) is 4. The average Bonchev–Trinajstić information content (AvgIpc) is 3.04. The number of hydrogen-bond donors (Lipinski definition) is 1. The van der Waals surface area contributed by atoms with Gasteiger partial charge in [0.1, 0.15) is 0 Å². The van der Waals surface area contributed by atoms with Gasteiger partial charge in [0.05, 0.1) is 19.6 Å². The number of carbonyl (C=O) groups is 1. The van der Waals surface area contributed by atoms with Crippen molar-refractivity contribution < 1.29 is 45.7 Å². The molecule has 2 aliphatic rings. The van der Waals surface area contributed by atoms with E-state index < -0.39 is 48.7 Å². The number of alkyl halides is 5. The summed E-state index contributed by atoms with van der Waals surface area (Å²) in [5.41, 5.74) is 0.266. The van der Waals surface area contributed by atoms with Gasteiger partial charge in [-0.2, -0.15) is 26.3 Å². The van der Waals surface area contributed by atoms with Gasteiger partial charge in [-0.1, -0.05) is 6.07 Å². The molecule has 0 amide bonds. The van der Waals surface area contributed by atoms with Crippen molar-refractivity contribution in [3.63, 3.8) is 0 Å². The summed E-state index contributed by atoms with van der Waals surface area (Å²) in [4.78, 5) is 12.8. The number of rotatable bonds is 8. The molecule has 174 valence electrons. The van der Waals surface area contributed by atoms with Gasteiger partial charge in [0.25, 0.3) is 0 Å². The Bertz CT molecular complexity index is 806. The molecule has 11 heteroatoms. The molecule has 1 saturated heterocycles. The van der Waals surface area contributed by atoms with Crippen molar-refractivity contribution in [3.8, 4) is 11.5 Å². The fraction of sp³-hybridized carbons (Fsp3) is 0.650. The Balaban J connectivity index is 1.58. The number of ether oxygens (including phenoxy) is 2. The second kappa shape index (κ2) is 8.76. The molecule has 1 aromatic rings. The lowest BCUT2D eigenvalue weighted by molar-refractivity contribution is -0.284. The Morgan fingerprint density at radius 2 is 1.87 bits per heavy atom. The van der Waals surface area contributed by atoms with E-state index in [1.807, 2.05) is 4.90 Å². The number of benzene rings is 1. The van der Waals surface area contributed by atoms with Crippen molar-refractivity contribution >= 4 is 5.97 Å². The number of nitrogens with zero attached hydrogens (tertiary/aromatic N) is 1. The molecule has 1 N–H and O–H groups in total. The largest absolute Gasteiger partial charge is 0.490 e. The highest BCUT2D eigenvalue weighted by atomic mass is 19.4.